The number of nitrogens with two attached hydrogens (primary N) is 1. The molecule has 1 fully saturated rings. The van der Waals surface area contributed by atoms with Crippen LogP contribution in [0.1, 0.15) is 30.0 Å². The molecule has 2 aliphatic heterocycles. The van der Waals surface area contributed by atoms with E-state index in [0.717, 1.165) is 11.7 Å². The summed E-state index contributed by atoms with van der Waals surface area (Å²) in [6, 6.07) is 7.65. The van der Waals surface area contributed by atoms with Gasteiger partial charge in [-0.1, -0.05) is 6.07 Å². The fourth-order valence-electron chi connectivity index (χ4n) is 2.61. The summed E-state index contributed by atoms with van der Waals surface area (Å²) < 4.78 is 0. The number of nitrogens with one attached hydrogen (secondary N) is 1. The van der Waals surface area contributed by atoms with Crippen molar-refractivity contribution in [2.45, 2.75) is 31.3 Å². The number of anilines is 1. The van der Waals surface area contributed by atoms with Crippen LogP contribution in [0.15, 0.2) is 18.2 Å². The third-order valence-electron chi connectivity index (χ3n) is 3.25. The van der Waals surface area contributed by atoms with Gasteiger partial charge in [-0.15, -0.1) is 12.4 Å². The molecule has 1 aromatic carbocycles. The van der Waals surface area contributed by atoms with Gasteiger partial charge in [0, 0.05) is 17.8 Å². The van der Waals surface area contributed by atoms with Gasteiger partial charge >= 0.3 is 0 Å². The Bertz CT molecular complexity index is 351. The van der Waals surface area contributed by atoms with Gasteiger partial charge in [-0.25, -0.2) is 0 Å². The predicted octanol–water partition coefficient (Wildman–Crippen LogP) is 2.04. The summed E-state index contributed by atoms with van der Waals surface area (Å²) >= 11 is 0. The normalized spacial score (nSPS) is 28.0. The van der Waals surface area contributed by atoms with Crippen molar-refractivity contribution < 1.29 is 0 Å². The highest BCUT2D eigenvalue weighted by atomic mass is 35.5. The molecule has 3 heteroatoms. The van der Waals surface area contributed by atoms with E-state index in [1.54, 1.807) is 0 Å². The van der Waals surface area contributed by atoms with Crippen LogP contribution in [0.5, 0.6) is 0 Å². The minimum absolute atomic E-state index is 0. The summed E-state index contributed by atoms with van der Waals surface area (Å²) in [7, 11) is 0. The first-order chi connectivity index (χ1) is 6.33. The SMILES string of the molecule is Cl.Nc1ccc2c(c1)C1CCC(C2)N1. The number of halogens is 1. The summed E-state index contributed by atoms with van der Waals surface area (Å²) in [6.45, 7) is 0. The standard InChI is InChI=1S/C11H14N2.ClH/c12-8-2-1-7-5-9-3-4-11(13-9)10(7)6-8;/h1-2,6,9,11,13H,3-5,12H2;1H. The lowest BCUT2D eigenvalue weighted by Crippen LogP contribution is -2.31. The number of benzene rings is 1. The Morgan fingerprint density at radius 1 is 1.29 bits per heavy atom. The van der Waals surface area contributed by atoms with Crippen LogP contribution >= 0.6 is 12.4 Å². The second-order valence-corrected chi connectivity index (χ2v) is 4.16. The molecule has 2 aliphatic rings. The maximum atomic E-state index is 5.78. The molecule has 0 saturated carbocycles. The molecule has 1 aromatic rings. The zero-order valence-electron chi connectivity index (χ0n) is 7.99. The van der Waals surface area contributed by atoms with Crippen molar-refractivity contribution >= 4 is 18.1 Å². The number of hydrogen-bond donors (Lipinski definition) is 2. The molecule has 2 nitrogen and oxygen atoms in total. The van der Waals surface area contributed by atoms with Crippen LogP contribution in [0.3, 0.4) is 0 Å². The molecule has 2 unspecified atom stereocenters. The van der Waals surface area contributed by atoms with Crippen molar-refractivity contribution in [1.82, 2.24) is 5.32 Å². The lowest BCUT2D eigenvalue weighted by molar-refractivity contribution is 0.515. The number of hydrogen-bond acceptors (Lipinski definition) is 2. The first-order valence-electron chi connectivity index (χ1n) is 4.97. The highest BCUT2D eigenvalue weighted by Gasteiger charge is 2.31. The van der Waals surface area contributed by atoms with Gasteiger partial charge in [0.15, 0.2) is 0 Å². The van der Waals surface area contributed by atoms with Crippen LogP contribution in [-0.2, 0) is 6.42 Å². The van der Waals surface area contributed by atoms with Gasteiger partial charge in [0.1, 0.15) is 0 Å². The van der Waals surface area contributed by atoms with Gasteiger partial charge in [0.25, 0.3) is 0 Å². The number of rotatable bonds is 0. The third-order valence-corrected chi connectivity index (χ3v) is 3.25. The van der Waals surface area contributed by atoms with Crippen molar-refractivity contribution in [2.24, 2.45) is 0 Å². The van der Waals surface area contributed by atoms with Crippen LogP contribution in [0, 0.1) is 0 Å². The molecule has 76 valence electrons. The molecule has 0 aromatic heterocycles. The van der Waals surface area contributed by atoms with Crippen molar-refractivity contribution in [1.29, 1.82) is 0 Å². The minimum Gasteiger partial charge on any atom is -0.399 e. The van der Waals surface area contributed by atoms with Crippen LogP contribution in [-0.4, -0.2) is 6.04 Å². The van der Waals surface area contributed by atoms with E-state index in [1.807, 2.05) is 6.07 Å². The van der Waals surface area contributed by atoms with Crippen molar-refractivity contribution in [3.63, 3.8) is 0 Å². The van der Waals surface area contributed by atoms with Gasteiger partial charge in [-0.3, -0.25) is 0 Å². The Hall–Kier alpha value is -0.730. The van der Waals surface area contributed by atoms with Gasteiger partial charge in [0.05, 0.1) is 0 Å². The zero-order chi connectivity index (χ0) is 8.84. The van der Waals surface area contributed by atoms with Crippen molar-refractivity contribution in [3.8, 4) is 0 Å². The molecule has 0 radical (unpaired) electrons. The fraction of sp³-hybridized carbons (Fsp3) is 0.455. The van der Waals surface area contributed by atoms with Crippen LogP contribution < -0.4 is 11.1 Å². The van der Waals surface area contributed by atoms with Crippen molar-refractivity contribution in [2.75, 3.05) is 5.73 Å². The summed E-state index contributed by atoms with van der Waals surface area (Å²) in [5, 5.41) is 3.62. The average molecular weight is 211 g/mol. The summed E-state index contributed by atoms with van der Waals surface area (Å²) in [5.74, 6) is 0. The van der Waals surface area contributed by atoms with Crippen LogP contribution in [0.2, 0.25) is 0 Å². The Labute approximate surface area is 90.3 Å². The van der Waals surface area contributed by atoms with E-state index in [0.29, 0.717) is 6.04 Å². The zero-order valence-corrected chi connectivity index (χ0v) is 8.81. The van der Waals surface area contributed by atoms with E-state index in [1.165, 1.54) is 30.4 Å². The maximum Gasteiger partial charge on any atom is 0.0326 e. The molecule has 0 aliphatic carbocycles. The van der Waals surface area contributed by atoms with E-state index >= 15 is 0 Å². The second kappa shape index (κ2) is 3.44. The Morgan fingerprint density at radius 2 is 2.14 bits per heavy atom. The van der Waals surface area contributed by atoms with E-state index in [4.69, 9.17) is 5.73 Å². The minimum atomic E-state index is 0. The lowest BCUT2D eigenvalue weighted by atomic mass is 9.95. The van der Waals surface area contributed by atoms with Gasteiger partial charge < -0.3 is 11.1 Å². The number of nitrogen functional groups attached to an aromatic ring is 1. The monoisotopic (exact) mass is 210 g/mol. The molecular formula is C11H15ClN2. The summed E-state index contributed by atoms with van der Waals surface area (Å²) in [4.78, 5) is 0. The largest absolute Gasteiger partial charge is 0.399 e. The van der Waals surface area contributed by atoms with E-state index in [-0.39, 0.29) is 12.4 Å². The van der Waals surface area contributed by atoms with E-state index < -0.39 is 0 Å². The molecule has 0 amide bonds. The maximum absolute atomic E-state index is 5.78. The lowest BCUT2D eigenvalue weighted by Gasteiger charge is -2.24. The Morgan fingerprint density at radius 3 is 3.00 bits per heavy atom. The predicted molar refractivity (Wildman–Crippen MR) is 60.7 cm³/mol. The molecule has 2 heterocycles. The second-order valence-electron chi connectivity index (χ2n) is 4.16. The molecule has 1 saturated heterocycles. The van der Waals surface area contributed by atoms with Gasteiger partial charge in [-0.2, -0.15) is 0 Å². The summed E-state index contributed by atoms with van der Waals surface area (Å²) in [5.41, 5.74) is 9.62. The van der Waals surface area contributed by atoms with Gasteiger partial charge in [-0.05, 0) is 42.5 Å². The number of fused-ring (bicyclic) bond motifs is 4. The topological polar surface area (TPSA) is 38.0 Å². The highest BCUT2D eigenvalue weighted by Crippen LogP contribution is 2.36. The van der Waals surface area contributed by atoms with E-state index in [2.05, 4.69) is 17.4 Å². The van der Waals surface area contributed by atoms with E-state index in [9.17, 15) is 0 Å². The van der Waals surface area contributed by atoms with Crippen LogP contribution in [0.4, 0.5) is 5.69 Å². The smallest absolute Gasteiger partial charge is 0.0326 e. The molecule has 2 bridgehead atoms. The Balaban J connectivity index is 0.000000750. The van der Waals surface area contributed by atoms with Gasteiger partial charge in [0.2, 0.25) is 0 Å². The summed E-state index contributed by atoms with van der Waals surface area (Å²) in [6.07, 6.45) is 3.78. The fourth-order valence-corrected chi connectivity index (χ4v) is 2.61. The molecular weight excluding hydrogens is 196 g/mol. The molecule has 3 rings (SSSR count). The van der Waals surface area contributed by atoms with Crippen LogP contribution in [0.25, 0.3) is 0 Å². The Kier molecular flexibility index (Phi) is 2.41. The van der Waals surface area contributed by atoms with Crippen molar-refractivity contribution in [3.05, 3.63) is 29.3 Å². The first-order valence-corrected chi connectivity index (χ1v) is 4.97. The highest BCUT2D eigenvalue weighted by molar-refractivity contribution is 5.85. The molecule has 0 spiro atoms. The molecule has 2 atom stereocenters. The first kappa shape index (κ1) is 9.81. The molecule has 14 heavy (non-hydrogen) atoms. The average Bonchev–Trinajstić information content (AvgIpc) is 2.51. The third kappa shape index (κ3) is 1.39. The quantitative estimate of drug-likeness (QED) is 0.644. The molecule has 3 N–H and O–H groups in total.